The van der Waals surface area contributed by atoms with E-state index in [4.69, 9.17) is 14.2 Å². The molecule has 0 spiro atoms. The van der Waals surface area contributed by atoms with Gasteiger partial charge < -0.3 is 19.5 Å². The van der Waals surface area contributed by atoms with Gasteiger partial charge in [0.1, 0.15) is 16.9 Å². The van der Waals surface area contributed by atoms with Gasteiger partial charge >= 0.3 is 18.0 Å². The van der Waals surface area contributed by atoms with Crippen molar-refractivity contribution in [1.29, 1.82) is 0 Å². The summed E-state index contributed by atoms with van der Waals surface area (Å²) in [4.78, 5) is 36.3. The minimum absolute atomic E-state index is 0.0243. The smallest absolute Gasteiger partial charge is 0.407 e. The average Bonchev–Trinajstić information content (AvgIpc) is 2.85. The van der Waals surface area contributed by atoms with Crippen LogP contribution in [-0.2, 0) is 20.8 Å². The molecule has 0 aromatic carbocycles. The first kappa shape index (κ1) is 21.5. The first-order valence-corrected chi connectivity index (χ1v) is 8.28. The fourth-order valence-corrected chi connectivity index (χ4v) is 1.88. The Morgan fingerprint density at radius 1 is 1.00 bits per heavy atom. The number of ether oxygens (including phenoxy) is 3. The number of nitrogens with one attached hydrogen (secondary N) is 2. The van der Waals surface area contributed by atoms with Gasteiger partial charge in [-0.15, -0.1) is 0 Å². The Kier molecular flexibility index (Phi) is 6.77. The van der Waals surface area contributed by atoms with E-state index in [1.165, 1.54) is 0 Å². The number of hydrogen-bond donors (Lipinski definition) is 2. The third-order valence-corrected chi connectivity index (χ3v) is 2.75. The zero-order valence-electron chi connectivity index (χ0n) is 16.3. The maximum Gasteiger partial charge on any atom is 0.407 e. The second-order valence-corrected chi connectivity index (χ2v) is 7.50. The Hall–Kier alpha value is -2.58. The number of alkyl carbamates (subject to hydrolysis) is 1. The maximum atomic E-state index is 12.3. The minimum atomic E-state index is -0.740. The molecule has 26 heavy (non-hydrogen) atoms. The first-order chi connectivity index (χ1) is 11.8. The second-order valence-electron chi connectivity index (χ2n) is 7.50. The molecular formula is C17H27N3O6. The van der Waals surface area contributed by atoms with Gasteiger partial charge in [-0.2, -0.15) is 5.10 Å². The molecule has 0 bridgehead atoms. The van der Waals surface area contributed by atoms with E-state index in [0.717, 1.165) is 0 Å². The Labute approximate surface area is 152 Å². The zero-order chi connectivity index (χ0) is 20.1. The Bertz CT molecular complexity index is 667. The fraction of sp³-hybridized carbons (Fsp3) is 0.647. The number of amides is 1. The lowest BCUT2D eigenvalue weighted by Gasteiger charge is -2.20. The van der Waals surface area contributed by atoms with Gasteiger partial charge in [0.2, 0.25) is 0 Å². The summed E-state index contributed by atoms with van der Waals surface area (Å²) in [7, 11) is 0. The van der Waals surface area contributed by atoms with E-state index < -0.39 is 29.2 Å². The summed E-state index contributed by atoms with van der Waals surface area (Å²) >= 11 is 0. The van der Waals surface area contributed by atoms with Gasteiger partial charge in [-0.3, -0.25) is 5.10 Å². The van der Waals surface area contributed by atoms with Gasteiger partial charge in [0.15, 0.2) is 5.69 Å². The van der Waals surface area contributed by atoms with Gasteiger partial charge in [-0.1, -0.05) is 0 Å². The number of aromatic amines is 1. The zero-order valence-corrected chi connectivity index (χ0v) is 16.3. The molecule has 0 aliphatic heterocycles. The van der Waals surface area contributed by atoms with E-state index in [1.54, 1.807) is 48.5 Å². The number of aromatic nitrogens is 2. The largest absolute Gasteiger partial charge is 0.461 e. The van der Waals surface area contributed by atoms with E-state index in [1.807, 2.05) is 0 Å². The van der Waals surface area contributed by atoms with Crippen molar-refractivity contribution in [1.82, 2.24) is 15.5 Å². The quantitative estimate of drug-likeness (QED) is 0.604. The number of hydrogen-bond acceptors (Lipinski definition) is 7. The summed E-state index contributed by atoms with van der Waals surface area (Å²) in [5.41, 5.74) is -1.37. The van der Waals surface area contributed by atoms with Crippen LogP contribution in [0.3, 0.4) is 0 Å². The molecule has 146 valence electrons. The molecule has 0 atom stereocenters. The average molecular weight is 369 g/mol. The minimum Gasteiger partial charge on any atom is -0.461 e. The van der Waals surface area contributed by atoms with Crippen LogP contribution in [-0.4, -0.2) is 46.0 Å². The maximum absolute atomic E-state index is 12.3. The van der Waals surface area contributed by atoms with Gasteiger partial charge in [0.25, 0.3) is 0 Å². The molecule has 0 saturated heterocycles. The number of esters is 2. The van der Waals surface area contributed by atoms with Crippen molar-refractivity contribution in [3.8, 4) is 0 Å². The van der Waals surface area contributed by atoms with Crippen LogP contribution in [0, 0.1) is 0 Å². The lowest BCUT2D eigenvalue weighted by Crippen LogP contribution is -2.33. The molecule has 9 heteroatoms. The van der Waals surface area contributed by atoms with E-state index >= 15 is 0 Å². The second kappa shape index (κ2) is 8.20. The molecule has 0 fully saturated rings. The summed E-state index contributed by atoms with van der Waals surface area (Å²) in [6.45, 7) is 11.9. The van der Waals surface area contributed by atoms with Crippen LogP contribution in [0.25, 0.3) is 0 Å². The standard InChI is InChI=1S/C17H27N3O6/c1-8-24-13(21)11-10(9-18-15(23)26-17(5,6)7)12(20-19-11)14(22)25-16(2,3)4/h8-9H2,1-7H3,(H,18,23)(H,19,20). The monoisotopic (exact) mass is 369 g/mol. The van der Waals surface area contributed by atoms with Gasteiger partial charge in [-0.25, -0.2) is 14.4 Å². The van der Waals surface area contributed by atoms with Crippen LogP contribution in [0.2, 0.25) is 0 Å². The third kappa shape index (κ3) is 6.73. The Balaban J connectivity index is 3.07. The highest BCUT2D eigenvalue weighted by Gasteiger charge is 2.28. The predicted molar refractivity (Wildman–Crippen MR) is 92.8 cm³/mol. The molecule has 1 rings (SSSR count). The van der Waals surface area contributed by atoms with Gasteiger partial charge in [-0.05, 0) is 48.5 Å². The summed E-state index contributed by atoms with van der Waals surface area (Å²) in [6.07, 6.45) is -0.691. The van der Waals surface area contributed by atoms with Crippen LogP contribution in [0.15, 0.2) is 0 Å². The van der Waals surface area contributed by atoms with Gasteiger partial charge in [0.05, 0.1) is 13.2 Å². The molecule has 0 radical (unpaired) electrons. The lowest BCUT2D eigenvalue weighted by molar-refractivity contribution is 0.00604. The summed E-state index contributed by atoms with van der Waals surface area (Å²) in [5, 5.41) is 8.84. The number of rotatable bonds is 5. The third-order valence-electron chi connectivity index (χ3n) is 2.75. The number of carbonyl (C=O) groups excluding carboxylic acids is 3. The van der Waals surface area contributed by atoms with Crippen LogP contribution in [0.4, 0.5) is 4.79 Å². The van der Waals surface area contributed by atoms with Gasteiger partial charge in [0, 0.05) is 5.56 Å². The van der Waals surface area contributed by atoms with Crippen molar-refractivity contribution >= 4 is 18.0 Å². The SMILES string of the molecule is CCOC(=O)c1[nH]nc(C(=O)OC(C)(C)C)c1CNC(=O)OC(C)(C)C. The van der Waals surface area contributed by atoms with Crippen molar-refractivity contribution in [2.24, 2.45) is 0 Å². The van der Waals surface area contributed by atoms with Crippen LogP contribution < -0.4 is 5.32 Å². The number of H-pyrrole nitrogens is 1. The van der Waals surface area contributed by atoms with E-state index in [0.29, 0.717) is 0 Å². The highest BCUT2D eigenvalue weighted by atomic mass is 16.6. The summed E-state index contributed by atoms with van der Waals surface area (Å²) < 4.78 is 15.4. The Morgan fingerprint density at radius 3 is 2.08 bits per heavy atom. The number of nitrogens with zero attached hydrogens (tertiary/aromatic N) is 1. The first-order valence-electron chi connectivity index (χ1n) is 8.28. The normalized spacial score (nSPS) is 11.7. The van der Waals surface area contributed by atoms with Crippen molar-refractivity contribution in [3.63, 3.8) is 0 Å². The van der Waals surface area contributed by atoms with Crippen LogP contribution in [0.1, 0.15) is 75.0 Å². The predicted octanol–water partition coefficient (Wildman–Crippen LogP) is 2.57. The Morgan fingerprint density at radius 2 is 1.58 bits per heavy atom. The van der Waals surface area contributed by atoms with Crippen molar-refractivity contribution < 1.29 is 28.6 Å². The molecule has 0 unspecified atom stereocenters. The molecule has 0 saturated carbocycles. The molecule has 2 N–H and O–H groups in total. The molecular weight excluding hydrogens is 342 g/mol. The summed E-state index contributed by atoms with van der Waals surface area (Å²) in [6, 6.07) is 0. The molecule has 0 aliphatic carbocycles. The molecule has 1 aromatic heterocycles. The van der Waals surface area contributed by atoms with Crippen molar-refractivity contribution in [2.45, 2.75) is 66.2 Å². The van der Waals surface area contributed by atoms with Crippen molar-refractivity contribution in [2.75, 3.05) is 6.61 Å². The molecule has 1 amide bonds. The van der Waals surface area contributed by atoms with Crippen LogP contribution >= 0.6 is 0 Å². The van der Waals surface area contributed by atoms with E-state index in [9.17, 15) is 14.4 Å². The van der Waals surface area contributed by atoms with E-state index in [2.05, 4.69) is 15.5 Å². The molecule has 1 aromatic rings. The van der Waals surface area contributed by atoms with Crippen LogP contribution in [0.5, 0.6) is 0 Å². The molecule has 9 nitrogen and oxygen atoms in total. The van der Waals surface area contributed by atoms with E-state index in [-0.39, 0.29) is 30.1 Å². The fourth-order valence-electron chi connectivity index (χ4n) is 1.88. The summed E-state index contributed by atoms with van der Waals surface area (Å²) in [5.74, 6) is -1.40. The molecule has 0 aliphatic rings. The topological polar surface area (TPSA) is 120 Å². The molecule has 1 heterocycles. The highest BCUT2D eigenvalue weighted by molar-refractivity contribution is 5.96. The lowest BCUT2D eigenvalue weighted by atomic mass is 10.1. The number of carbonyl (C=O) groups is 3. The van der Waals surface area contributed by atoms with Crippen molar-refractivity contribution in [3.05, 3.63) is 17.0 Å². The highest BCUT2D eigenvalue weighted by Crippen LogP contribution is 2.18.